The van der Waals surface area contributed by atoms with Crippen LogP contribution in [0.3, 0.4) is 0 Å². The van der Waals surface area contributed by atoms with Crippen molar-refractivity contribution in [1.82, 2.24) is 5.32 Å². The molecule has 0 saturated carbocycles. The van der Waals surface area contributed by atoms with Crippen LogP contribution in [-0.2, 0) is 9.59 Å². The van der Waals surface area contributed by atoms with E-state index in [2.05, 4.69) is 12.2 Å². The summed E-state index contributed by atoms with van der Waals surface area (Å²) in [6.45, 7) is 2.11. The summed E-state index contributed by atoms with van der Waals surface area (Å²) in [6, 6.07) is 8.73. The first-order chi connectivity index (χ1) is 9.65. The molecular weight excluding hydrogens is 254 g/mol. The van der Waals surface area contributed by atoms with E-state index in [0.29, 0.717) is 0 Å². The number of nitrogens with one attached hydrogen (secondary N) is 1. The number of rotatable bonds is 6. The second kappa shape index (κ2) is 6.55. The Morgan fingerprint density at radius 2 is 1.95 bits per heavy atom. The van der Waals surface area contributed by atoms with Crippen molar-refractivity contribution >= 4 is 11.9 Å². The minimum absolute atomic E-state index is 0.158. The van der Waals surface area contributed by atoms with E-state index in [4.69, 9.17) is 0 Å². The molecule has 20 heavy (non-hydrogen) atoms. The molecule has 4 heteroatoms. The van der Waals surface area contributed by atoms with Gasteiger partial charge in [0.25, 0.3) is 0 Å². The van der Waals surface area contributed by atoms with Crippen LogP contribution < -0.4 is 5.32 Å². The zero-order valence-electron chi connectivity index (χ0n) is 11.7. The molecule has 0 radical (unpaired) electrons. The molecular formula is C16H21NO3. The fourth-order valence-corrected chi connectivity index (χ4v) is 3.00. The SMILES string of the molecule is CCCCCC1C(c2ccccc2)C(=O)N[C@@H]1C(=O)O. The number of carbonyl (C=O) groups is 2. The van der Waals surface area contributed by atoms with Crippen LogP contribution in [0.15, 0.2) is 30.3 Å². The lowest BCUT2D eigenvalue weighted by Crippen LogP contribution is -2.36. The molecule has 2 N–H and O–H groups in total. The summed E-state index contributed by atoms with van der Waals surface area (Å²) in [7, 11) is 0. The van der Waals surface area contributed by atoms with E-state index in [1.165, 1.54) is 0 Å². The van der Waals surface area contributed by atoms with Crippen molar-refractivity contribution in [2.75, 3.05) is 0 Å². The Balaban J connectivity index is 2.22. The number of aliphatic carboxylic acids is 1. The highest BCUT2D eigenvalue weighted by Crippen LogP contribution is 2.36. The molecule has 1 fully saturated rings. The van der Waals surface area contributed by atoms with Crippen LogP contribution in [-0.4, -0.2) is 23.0 Å². The number of amides is 1. The van der Waals surface area contributed by atoms with Crippen molar-refractivity contribution in [3.8, 4) is 0 Å². The average molecular weight is 275 g/mol. The molecule has 1 aliphatic heterocycles. The van der Waals surface area contributed by atoms with Crippen LogP contribution in [0.4, 0.5) is 0 Å². The predicted molar refractivity (Wildman–Crippen MR) is 76.4 cm³/mol. The van der Waals surface area contributed by atoms with Gasteiger partial charge in [0.05, 0.1) is 5.92 Å². The second-order valence-corrected chi connectivity index (χ2v) is 5.37. The number of benzene rings is 1. The van der Waals surface area contributed by atoms with Crippen molar-refractivity contribution in [3.05, 3.63) is 35.9 Å². The van der Waals surface area contributed by atoms with Gasteiger partial charge in [-0.15, -0.1) is 0 Å². The molecule has 1 amide bonds. The number of hydrogen-bond donors (Lipinski definition) is 2. The van der Waals surface area contributed by atoms with Gasteiger partial charge in [0.2, 0.25) is 5.91 Å². The van der Waals surface area contributed by atoms with E-state index in [9.17, 15) is 14.7 Å². The maximum absolute atomic E-state index is 12.2. The Bertz CT molecular complexity index is 472. The molecule has 4 nitrogen and oxygen atoms in total. The Hall–Kier alpha value is -1.84. The van der Waals surface area contributed by atoms with E-state index >= 15 is 0 Å². The molecule has 1 saturated heterocycles. The lowest BCUT2D eigenvalue weighted by molar-refractivity contribution is -0.141. The van der Waals surface area contributed by atoms with Gasteiger partial charge in [0, 0.05) is 5.92 Å². The first kappa shape index (κ1) is 14.6. The third-order valence-corrected chi connectivity index (χ3v) is 4.00. The number of carboxylic acid groups (broad SMARTS) is 1. The molecule has 0 aliphatic carbocycles. The monoisotopic (exact) mass is 275 g/mol. The molecule has 2 rings (SSSR count). The predicted octanol–water partition coefficient (Wildman–Crippen LogP) is 2.55. The molecule has 108 valence electrons. The van der Waals surface area contributed by atoms with Crippen LogP contribution >= 0.6 is 0 Å². The molecule has 2 unspecified atom stereocenters. The fraction of sp³-hybridized carbons (Fsp3) is 0.500. The summed E-state index contributed by atoms with van der Waals surface area (Å²) in [5.41, 5.74) is 0.912. The fourth-order valence-electron chi connectivity index (χ4n) is 3.00. The number of carboxylic acids is 1. The molecule has 0 bridgehead atoms. The quantitative estimate of drug-likeness (QED) is 0.784. The van der Waals surface area contributed by atoms with Gasteiger partial charge in [-0.3, -0.25) is 4.79 Å². The largest absolute Gasteiger partial charge is 0.480 e. The summed E-state index contributed by atoms with van der Waals surface area (Å²) < 4.78 is 0. The third-order valence-electron chi connectivity index (χ3n) is 4.00. The Morgan fingerprint density at radius 1 is 1.25 bits per heavy atom. The van der Waals surface area contributed by atoms with Gasteiger partial charge in [-0.25, -0.2) is 4.79 Å². The minimum Gasteiger partial charge on any atom is -0.480 e. The van der Waals surface area contributed by atoms with Gasteiger partial charge in [-0.2, -0.15) is 0 Å². The van der Waals surface area contributed by atoms with Crippen LogP contribution in [0.1, 0.15) is 44.1 Å². The smallest absolute Gasteiger partial charge is 0.326 e. The van der Waals surface area contributed by atoms with Gasteiger partial charge in [-0.1, -0.05) is 56.5 Å². The van der Waals surface area contributed by atoms with E-state index in [1.807, 2.05) is 30.3 Å². The Labute approximate surface area is 119 Å². The topological polar surface area (TPSA) is 66.4 Å². The van der Waals surface area contributed by atoms with E-state index < -0.39 is 12.0 Å². The van der Waals surface area contributed by atoms with Gasteiger partial charge in [0.1, 0.15) is 6.04 Å². The summed E-state index contributed by atoms with van der Waals surface area (Å²) in [6.07, 6.45) is 3.88. The molecule has 3 atom stereocenters. The van der Waals surface area contributed by atoms with Crippen molar-refractivity contribution in [3.63, 3.8) is 0 Å². The lowest BCUT2D eigenvalue weighted by atomic mass is 9.81. The van der Waals surface area contributed by atoms with Crippen molar-refractivity contribution in [1.29, 1.82) is 0 Å². The van der Waals surface area contributed by atoms with Gasteiger partial charge < -0.3 is 10.4 Å². The standard InChI is InChI=1S/C16H21NO3/c1-2-3-5-10-12-13(11-8-6-4-7-9-11)15(18)17-14(12)16(19)20/h4,6-9,12-14H,2-3,5,10H2,1H3,(H,17,18)(H,19,20)/t12?,13?,14-/m0/s1. The molecule has 0 aromatic heterocycles. The summed E-state index contributed by atoms with van der Waals surface area (Å²) >= 11 is 0. The van der Waals surface area contributed by atoms with Gasteiger partial charge in [-0.05, 0) is 12.0 Å². The van der Waals surface area contributed by atoms with Crippen LogP contribution in [0.5, 0.6) is 0 Å². The Morgan fingerprint density at radius 3 is 2.55 bits per heavy atom. The molecule has 0 spiro atoms. The van der Waals surface area contributed by atoms with E-state index in [1.54, 1.807) is 0 Å². The van der Waals surface area contributed by atoms with Gasteiger partial charge >= 0.3 is 5.97 Å². The van der Waals surface area contributed by atoms with Gasteiger partial charge in [0.15, 0.2) is 0 Å². The highest BCUT2D eigenvalue weighted by atomic mass is 16.4. The zero-order valence-corrected chi connectivity index (χ0v) is 11.7. The summed E-state index contributed by atoms with van der Waals surface area (Å²) in [4.78, 5) is 23.5. The maximum atomic E-state index is 12.2. The number of carbonyl (C=O) groups excluding carboxylic acids is 1. The first-order valence-corrected chi connectivity index (χ1v) is 7.23. The zero-order chi connectivity index (χ0) is 14.5. The average Bonchev–Trinajstić information content (AvgIpc) is 2.77. The normalized spacial score (nSPS) is 25.4. The summed E-state index contributed by atoms with van der Waals surface area (Å²) in [5.74, 6) is -1.59. The number of hydrogen-bond acceptors (Lipinski definition) is 2. The molecule has 1 aromatic carbocycles. The third kappa shape index (κ3) is 3.00. The van der Waals surface area contributed by atoms with Crippen LogP contribution in [0.25, 0.3) is 0 Å². The van der Waals surface area contributed by atoms with E-state index in [0.717, 1.165) is 31.2 Å². The molecule has 1 aromatic rings. The highest BCUT2D eigenvalue weighted by molar-refractivity contribution is 5.93. The van der Waals surface area contributed by atoms with Crippen molar-refractivity contribution in [2.24, 2.45) is 5.92 Å². The highest BCUT2D eigenvalue weighted by Gasteiger charge is 2.45. The van der Waals surface area contributed by atoms with Crippen molar-refractivity contribution in [2.45, 2.75) is 44.6 Å². The molecule has 1 heterocycles. The Kier molecular flexibility index (Phi) is 4.77. The minimum atomic E-state index is -0.932. The first-order valence-electron chi connectivity index (χ1n) is 7.23. The van der Waals surface area contributed by atoms with Crippen LogP contribution in [0, 0.1) is 5.92 Å². The molecule has 1 aliphatic rings. The second-order valence-electron chi connectivity index (χ2n) is 5.37. The van der Waals surface area contributed by atoms with E-state index in [-0.39, 0.29) is 17.7 Å². The summed E-state index contributed by atoms with van der Waals surface area (Å²) in [5, 5.41) is 11.9. The van der Waals surface area contributed by atoms with Crippen molar-refractivity contribution < 1.29 is 14.7 Å². The number of unbranched alkanes of at least 4 members (excludes halogenated alkanes) is 2. The van der Waals surface area contributed by atoms with Crippen LogP contribution in [0.2, 0.25) is 0 Å². The lowest BCUT2D eigenvalue weighted by Gasteiger charge is -2.20. The maximum Gasteiger partial charge on any atom is 0.326 e.